The third-order valence-corrected chi connectivity index (χ3v) is 4.89. The van der Waals surface area contributed by atoms with Crippen LogP contribution in [0.3, 0.4) is 0 Å². The van der Waals surface area contributed by atoms with Crippen molar-refractivity contribution in [1.82, 2.24) is 4.98 Å². The molecule has 0 spiro atoms. The fraction of sp³-hybridized carbons (Fsp3) is 0.0952. The highest BCUT2D eigenvalue weighted by Crippen LogP contribution is 2.48. The first-order valence-electron chi connectivity index (χ1n) is 8.18. The molecule has 116 valence electrons. The average molecular weight is 311 g/mol. The van der Waals surface area contributed by atoms with E-state index in [4.69, 9.17) is 0 Å². The van der Waals surface area contributed by atoms with Gasteiger partial charge < -0.3 is 10.2 Å². The number of anilines is 2. The number of hydrogen-bond donors (Lipinski definition) is 1. The van der Waals surface area contributed by atoms with Gasteiger partial charge in [-0.1, -0.05) is 54.6 Å². The van der Waals surface area contributed by atoms with E-state index in [1.54, 1.807) is 0 Å². The molecule has 3 heteroatoms. The van der Waals surface area contributed by atoms with Crippen molar-refractivity contribution in [2.24, 2.45) is 0 Å². The molecule has 3 aromatic carbocycles. The van der Waals surface area contributed by atoms with Crippen molar-refractivity contribution in [3.63, 3.8) is 0 Å². The second-order valence-corrected chi connectivity index (χ2v) is 6.24. The molecule has 24 heavy (non-hydrogen) atoms. The van der Waals surface area contributed by atoms with Crippen LogP contribution in [0.25, 0.3) is 21.7 Å². The van der Waals surface area contributed by atoms with Gasteiger partial charge in [0, 0.05) is 29.4 Å². The Kier molecular flexibility index (Phi) is 2.77. The van der Waals surface area contributed by atoms with Gasteiger partial charge >= 0.3 is 0 Å². The molecular formula is C21H17N3. The molecule has 1 aliphatic heterocycles. The maximum absolute atomic E-state index is 4.66. The number of benzene rings is 3. The lowest BCUT2D eigenvalue weighted by Crippen LogP contribution is -2.23. The van der Waals surface area contributed by atoms with Crippen molar-refractivity contribution in [3.8, 4) is 0 Å². The molecular weight excluding hydrogens is 294 g/mol. The van der Waals surface area contributed by atoms with Gasteiger partial charge in [-0.2, -0.15) is 0 Å². The Hall–Kier alpha value is -3.07. The third-order valence-electron chi connectivity index (χ3n) is 4.89. The van der Waals surface area contributed by atoms with Crippen LogP contribution in [0.15, 0.2) is 72.9 Å². The second kappa shape index (κ2) is 4.96. The predicted molar refractivity (Wildman–Crippen MR) is 100 cm³/mol. The van der Waals surface area contributed by atoms with Crippen LogP contribution in [0, 0.1) is 0 Å². The molecule has 1 unspecified atom stereocenters. The lowest BCUT2D eigenvalue weighted by Gasteiger charge is -2.23. The summed E-state index contributed by atoms with van der Waals surface area (Å²) in [5.74, 6) is 0. The van der Waals surface area contributed by atoms with Crippen molar-refractivity contribution in [3.05, 3.63) is 78.5 Å². The van der Waals surface area contributed by atoms with E-state index in [0.29, 0.717) is 0 Å². The summed E-state index contributed by atoms with van der Waals surface area (Å²) in [5, 5.41) is 7.35. The molecule has 1 aromatic heterocycles. The highest BCUT2D eigenvalue weighted by atomic mass is 15.3. The number of rotatable bonds is 1. The average Bonchev–Trinajstić information content (AvgIpc) is 3.01. The van der Waals surface area contributed by atoms with Crippen LogP contribution in [0.5, 0.6) is 0 Å². The Morgan fingerprint density at radius 2 is 1.54 bits per heavy atom. The Morgan fingerprint density at radius 1 is 0.833 bits per heavy atom. The molecule has 1 atom stereocenters. The lowest BCUT2D eigenvalue weighted by atomic mass is 10.0. The minimum Gasteiger partial charge on any atom is -0.359 e. The second-order valence-electron chi connectivity index (χ2n) is 6.24. The Morgan fingerprint density at radius 3 is 2.38 bits per heavy atom. The maximum atomic E-state index is 4.66. The van der Waals surface area contributed by atoms with Gasteiger partial charge in [0.1, 0.15) is 6.17 Å². The zero-order valence-corrected chi connectivity index (χ0v) is 13.4. The molecule has 0 saturated heterocycles. The van der Waals surface area contributed by atoms with Gasteiger partial charge in [0.05, 0.1) is 16.9 Å². The first-order valence-corrected chi connectivity index (χ1v) is 8.18. The SMILES string of the molecule is CN1c2c(c3ccccc3c3ncccc23)NC1c1ccccc1. The monoisotopic (exact) mass is 311 g/mol. The fourth-order valence-electron chi connectivity index (χ4n) is 3.80. The number of aromatic nitrogens is 1. The van der Waals surface area contributed by atoms with Gasteiger partial charge in [-0.25, -0.2) is 0 Å². The van der Waals surface area contributed by atoms with E-state index < -0.39 is 0 Å². The van der Waals surface area contributed by atoms with Gasteiger partial charge in [-0.3, -0.25) is 4.98 Å². The zero-order chi connectivity index (χ0) is 16.1. The minimum absolute atomic E-state index is 0.135. The molecule has 1 aliphatic rings. The largest absolute Gasteiger partial charge is 0.359 e. The molecule has 4 aromatic rings. The first-order chi connectivity index (χ1) is 11.8. The molecule has 0 fully saturated rings. The van der Waals surface area contributed by atoms with Crippen LogP contribution in [-0.4, -0.2) is 12.0 Å². The molecule has 1 N–H and O–H groups in total. The molecule has 5 rings (SSSR count). The topological polar surface area (TPSA) is 28.2 Å². The summed E-state index contributed by atoms with van der Waals surface area (Å²) < 4.78 is 0. The smallest absolute Gasteiger partial charge is 0.125 e. The van der Waals surface area contributed by atoms with Gasteiger partial charge in [0.15, 0.2) is 0 Å². The van der Waals surface area contributed by atoms with Gasteiger partial charge in [0.25, 0.3) is 0 Å². The molecule has 3 nitrogen and oxygen atoms in total. The van der Waals surface area contributed by atoms with Gasteiger partial charge in [0.2, 0.25) is 0 Å². The summed E-state index contributed by atoms with van der Waals surface area (Å²) in [6.07, 6.45) is 2.01. The highest BCUT2D eigenvalue weighted by molar-refractivity contribution is 6.19. The maximum Gasteiger partial charge on any atom is 0.125 e. The Balaban J connectivity index is 1.83. The fourth-order valence-corrected chi connectivity index (χ4v) is 3.80. The summed E-state index contributed by atoms with van der Waals surface area (Å²) in [7, 11) is 2.15. The zero-order valence-electron chi connectivity index (χ0n) is 13.4. The summed E-state index contributed by atoms with van der Waals surface area (Å²) in [6.45, 7) is 0. The van der Waals surface area contributed by atoms with Crippen LogP contribution in [-0.2, 0) is 0 Å². The minimum atomic E-state index is 0.135. The van der Waals surface area contributed by atoms with Crippen molar-refractivity contribution < 1.29 is 0 Å². The highest BCUT2D eigenvalue weighted by Gasteiger charge is 2.30. The van der Waals surface area contributed by atoms with Crippen LogP contribution in [0.1, 0.15) is 11.7 Å². The first kappa shape index (κ1) is 13.4. The van der Waals surface area contributed by atoms with E-state index >= 15 is 0 Å². The van der Waals surface area contributed by atoms with Crippen molar-refractivity contribution >= 4 is 33.1 Å². The third kappa shape index (κ3) is 1.75. The van der Waals surface area contributed by atoms with E-state index in [-0.39, 0.29) is 6.17 Å². The van der Waals surface area contributed by atoms with Crippen molar-refractivity contribution in [2.75, 3.05) is 17.3 Å². The quantitative estimate of drug-likeness (QED) is 0.504. The lowest BCUT2D eigenvalue weighted by molar-refractivity contribution is 0.794. The van der Waals surface area contributed by atoms with E-state index in [0.717, 1.165) is 5.52 Å². The summed E-state index contributed by atoms with van der Waals surface area (Å²) in [5.41, 5.74) is 4.75. The van der Waals surface area contributed by atoms with E-state index in [9.17, 15) is 0 Å². The van der Waals surface area contributed by atoms with Crippen molar-refractivity contribution in [2.45, 2.75) is 6.17 Å². The standard InChI is InChI=1S/C21H17N3/c1-24-20-17-12-7-13-22-18(17)15-10-5-6-11-16(15)19(20)23-21(24)14-8-3-2-4-9-14/h2-13,21,23H,1H3. The van der Waals surface area contributed by atoms with Crippen molar-refractivity contribution in [1.29, 1.82) is 0 Å². The predicted octanol–water partition coefficient (Wildman–Crippen LogP) is 4.95. The number of pyridine rings is 1. The van der Waals surface area contributed by atoms with E-state index in [2.05, 4.69) is 82.9 Å². The molecule has 0 saturated carbocycles. The summed E-state index contributed by atoms with van der Waals surface area (Å²) >= 11 is 0. The van der Waals surface area contributed by atoms with Gasteiger partial charge in [-0.15, -0.1) is 0 Å². The van der Waals surface area contributed by atoms with Crippen LogP contribution >= 0.6 is 0 Å². The van der Waals surface area contributed by atoms with Crippen LogP contribution < -0.4 is 10.2 Å². The summed E-state index contributed by atoms with van der Waals surface area (Å²) in [6, 6.07) is 23.3. The number of nitrogens with one attached hydrogen (secondary N) is 1. The molecule has 0 bridgehead atoms. The number of hydrogen-bond acceptors (Lipinski definition) is 3. The Labute approximate surface area is 140 Å². The van der Waals surface area contributed by atoms with E-state index in [1.807, 2.05) is 12.3 Å². The van der Waals surface area contributed by atoms with Crippen LogP contribution in [0.2, 0.25) is 0 Å². The number of fused-ring (bicyclic) bond motifs is 6. The summed E-state index contributed by atoms with van der Waals surface area (Å²) in [4.78, 5) is 6.99. The Bertz CT molecular complexity index is 1060. The normalized spacial score (nSPS) is 16.4. The molecule has 0 aliphatic carbocycles. The molecule has 2 heterocycles. The number of nitrogens with zero attached hydrogens (tertiary/aromatic N) is 2. The van der Waals surface area contributed by atoms with Crippen LogP contribution in [0.4, 0.5) is 11.4 Å². The molecule has 0 radical (unpaired) electrons. The molecule has 0 amide bonds. The van der Waals surface area contributed by atoms with Gasteiger partial charge in [-0.05, 0) is 17.7 Å². The van der Waals surface area contributed by atoms with E-state index in [1.165, 1.54) is 33.1 Å².